The molecule has 0 aliphatic carbocycles. The number of nitrogens with one attached hydrogen (secondary N) is 2. The molecule has 0 aromatic heterocycles. The molecular formula is C25H32N2O2. The van der Waals surface area contributed by atoms with Crippen LogP contribution in [-0.4, -0.2) is 23.0 Å². The summed E-state index contributed by atoms with van der Waals surface area (Å²) in [6, 6.07) is 18.0. The lowest BCUT2D eigenvalue weighted by molar-refractivity contribution is -0.117. The molecule has 1 aliphatic heterocycles. The Hall–Kier alpha value is -2.59. The minimum atomic E-state index is -0.0564. The van der Waals surface area contributed by atoms with E-state index in [1.54, 1.807) is 6.08 Å². The van der Waals surface area contributed by atoms with Gasteiger partial charge in [-0.25, -0.2) is 0 Å². The first-order chi connectivity index (χ1) is 13.7. The Morgan fingerprint density at radius 3 is 2.45 bits per heavy atom. The van der Waals surface area contributed by atoms with Crippen molar-refractivity contribution in [2.24, 2.45) is 0 Å². The van der Waals surface area contributed by atoms with Crippen molar-refractivity contribution >= 4 is 12.0 Å². The molecule has 0 bridgehead atoms. The van der Waals surface area contributed by atoms with Gasteiger partial charge in [-0.15, -0.1) is 0 Å². The molecule has 29 heavy (non-hydrogen) atoms. The average Bonchev–Trinajstić information content (AvgIpc) is 2.63. The molecule has 1 heterocycles. The van der Waals surface area contributed by atoms with Gasteiger partial charge in [-0.1, -0.05) is 42.5 Å². The molecule has 0 unspecified atom stereocenters. The fourth-order valence-electron chi connectivity index (χ4n) is 4.29. The van der Waals surface area contributed by atoms with Crippen LogP contribution in [0.25, 0.3) is 6.08 Å². The first-order valence-electron chi connectivity index (χ1n) is 10.3. The minimum absolute atomic E-state index is 0.00777. The van der Waals surface area contributed by atoms with Gasteiger partial charge in [0, 0.05) is 23.2 Å². The lowest BCUT2D eigenvalue weighted by Gasteiger charge is -2.46. The van der Waals surface area contributed by atoms with Crippen LogP contribution in [0.3, 0.4) is 0 Å². The van der Waals surface area contributed by atoms with E-state index in [0.29, 0.717) is 6.61 Å². The van der Waals surface area contributed by atoms with Gasteiger partial charge < -0.3 is 15.4 Å². The molecule has 1 saturated heterocycles. The smallest absolute Gasteiger partial charge is 0.244 e. The van der Waals surface area contributed by atoms with E-state index in [0.717, 1.165) is 29.7 Å². The number of hydrogen-bond acceptors (Lipinski definition) is 3. The van der Waals surface area contributed by atoms with Gasteiger partial charge in [0.25, 0.3) is 0 Å². The molecule has 2 aromatic rings. The van der Waals surface area contributed by atoms with Crippen molar-refractivity contribution in [2.75, 3.05) is 0 Å². The lowest BCUT2D eigenvalue weighted by Crippen LogP contribution is -2.62. The van der Waals surface area contributed by atoms with Crippen LogP contribution in [0, 0.1) is 0 Å². The van der Waals surface area contributed by atoms with Gasteiger partial charge in [0.05, 0.1) is 0 Å². The number of carbonyl (C=O) groups excluding carboxylic acids is 1. The van der Waals surface area contributed by atoms with Gasteiger partial charge in [0.15, 0.2) is 0 Å². The van der Waals surface area contributed by atoms with E-state index in [2.05, 4.69) is 38.3 Å². The van der Waals surface area contributed by atoms with Crippen molar-refractivity contribution in [3.05, 3.63) is 71.8 Å². The second kappa shape index (κ2) is 8.83. The molecule has 4 heteroatoms. The topological polar surface area (TPSA) is 50.4 Å². The van der Waals surface area contributed by atoms with Gasteiger partial charge in [0.2, 0.25) is 5.91 Å². The normalized spacial score (nSPS) is 18.5. The predicted octanol–water partition coefficient (Wildman–Crippen LogP) is 4.70. The summed E-state index contributed by atoms with van der Waals surface area (Å²) in [6.07, 6.45) is 5.28. The Morgan fingerprint density at radius 1 is 1.07 bits per heavy atom. The standard InChI is InChI=1S/C25H32N2O2/c1-24(2)16-21(17-25(3,4)27-24)26-23(28)14-13-19-11-8-12-22(15-19)29-18-20-9-6-5-7-10-20/h5-15,21,27H,16-18H2,1-4H3,(H,26,28)/b14-13+. The van der Waals surface area contributed by atoms with E-state index < -0.39 is 0 Å². The summed E-state index contributed by atoms with van der Waals surface area (Å²) in [5.41, 5.74) is 2.08. The maximum absolute atomic E-state index is 12.5. The third kappa shape index (κ3) is 6.75. The number of piperidine rings is 1. The summed E-state index contributed by atoms with van der Waals surface area (Å²) in [6.45, 7) is 9.26. The number of rotatable bonds is 6. The second-order valence-corrected chi connectivity index (χ2v) is 9.19. The van der Waals surface area contributed by atoms with Gasteiger partial charge in [-0.05, 0) is 69.9 Å². The highest BCUT2D eigenvalue weighted by molar-refractivity contribution is 5.92. The summed E-state index contributed by atoms with van der Waals surface area (Å²) in [4.78, 5) is 12.5. The molecule has 2 aromatic carbocycles. The number of carbonyl (C=O) groups is 1. The van der Waals surface area contributed by atoms with E-state index in [4.69, 9.17) is 4.74 Å². The van der Waals surface area contributed by atoms with Crippen LogP contribution < -0.4 is 15.4 Å². The van der Waals surface area contributed by atoms with Crippen LogP contribution >= 0.6 is 0 Å². The SMILES string of the molecule is CC1(C)CC(NC(=O)/C=C/c2cccc(OCc3ccccc3)c2)CC(C)(C)N1. The first-order valence-corrected chi connectivity index (χ1v) is 10.3. The fraction of sp³-hybridized carbons (Fsp3) is 0.400. The molecule has 2 N–H and O–H groups in total. The number of ether oxygens (including phenoxy) is 1. The van der Waals surface area contributed by atoms with Crippen molar-refractivity contribution in [1.29, 1.82) is 0 Å². The quantitative estimate of drug-likeness (QED) is 0.701. The van der Waals surface area contributed by atoms with Gasteiger partial charge in [-0.3, -0.25) is 4.79 Å². The molecular weight excluding hydrogens is 360 g/mol. The third-order valence-electron chi connectivity index (χ3n) is 5.07. The van der Waals surface area contributed by atoms with Crippen LogP contribution in [0.4, 0.5) is 0 Å². The zero-order chi connectivity index (χ0) is 20.9. The number of benzene rings is 2. The molecule has 1 amide bonds. The average molecular weight is 393 g/mol. The minimum Gasteiger partial charge on any atom is -0.489 e. The molecule has 0 atom stereocenters. The first kappa shape index (κ1) is 21.1. The summed E-state index contributed by atoms with van der Waals surface area (Å²) < 4.78 is 5.87. The molecule has 0 spiro atoms. The molecule has 0 radical (unpaired) electrons. The highest BCUT2D eigenvalue weighted by Gasteiger charge is 2.37. The fourth-order valence-corrected chi connectivity index (χ4v) is 4.29. The molecule has 4 nitrogen and oxygen atoms in total. The van der Waals surface area contributed by atoms with Crippen molar-refractivity contribution in [3.63, 3.8) is 0 Å². The molecule has 0 saturated carbocycles. The van der Waals surface area contributed by atoms with Gasteiger partial charge in [-0.2, -0.15) is 0 Å². The van der Waals surface area contributed by atoms with Crippen LogP contribution in [-0.2, 0) is 11.4 Å². The third-order valence-corrected chi connectivity index (χ3v) is 5.07. The van der Waals surface area contributed by atoms with Gasteiger partial charge in [0.1, 0.15) is 12.4 Å². The zero-order valence-electron chi connectivity index (χ0n) is 17.9. The Labute approximate surface area is 174 Å². The summed E-state index contributed by atoms with van der Waals surface area (Å²) in [5.74, 6) is 0.734. The van der Waals surface area contributed by atoms with Crippen LogP contribution in [0.5, 0.6) is 5.75 Å². The Kier molecular flexibility index (Phi) is 6.43. The van der Waals surface area contributed by atoms with E-state index >= 15 is 0 Å². The van der Waals surface area contributed by atoms with Crippen LogP contribution in [0.2, 0.25) is 0 Å². The zero-order valence-corrected chi connectivity index (χ0v) is 17.9. The summed E-state index contributed by atoms with van der Waals surface area (Å²) >= 11 is 0. The Balaban J connectivity index is 1.56. The number of amides is 1. The van der Waals surface area contributed by atoms with Crippen molar-refractivity contribution in [1.82, 2.24) is 10.6 Å². The van der Waals surface area contributed by atoms with Crippen LogP contribution in [0.15, 0.2) is 60.7 Å². The van der Waals surface area contributed by atoms with E-state index in [1.807, 2.05) is 60.7 Å². The lowest BCUT2D eigenvalue weighted by atomic mass is 9.79. The predicted molar refractivity (Wildman–Crippen MR) is 119 cm³/mol. The highest BCUT2D eigenvalue weighted by atomic mass is 16.5. The van der Waals surface area contributed by atoms with E-state index in [1.165, 1.54) is 0 Å². The van der Waals surface area contributed by atoms with E-state index in [-0.39, 0.29) is 23.0 Å². The van der Waals surface area contributed by atoms with Gasteiger partial charge >= 0.3 is 0 Å². The molecule has 3 rings (SSSR count). The van der Waals surface area contributed by atoms with E-state index in [9.17, 15) is 4.79 Å². The Morgan fingerprint density at radius 2 is 1.76 bits per heavy atom. The summed E-state index contributed by atoms with van der Waals surface area (Å²) in [7, 11) is 0. The highest BCUT2D eigenvalue weighted by Crippen LogP contribution is 2.28. The molecule has 154 valence electrons. The molecule has 1 fully saturated rings. The maximum Gasteiger partial charge on any atom is 0.244 e. The monoisotopic (exact) mass is 392 g/mol. The van der Waals surface area contributed by atoms with Crippen LogP contribution in [0.1, 0.15) is 51.7 Å². The maximum atomic E-state index is 12.5. The van der Waals surface area contributed by atoms with Crippen molar-refractivity contribution < 1.29 is 9.53 Å². The van der Waals surface area contributed by atoms with Crippen molar-refractivity contribution in [3.8, 4) is 5.75 Å². The summed E-state index contributed by atoms with van der Waals surface area (Å²) in [5, 5.41) is 6.80. The Bertz CT molecular complexity index is 840. The molecule has 1 aliphatic rings. The second-order valence-electron chi connectivity index (χ2n) is 9.19. The van der Waals surface area contributed by atoms with Crippen molar-refractivity contribution in [2.45, 2.75) is 64.3 Å². The largest absolute Gasteiger partial charge is 0.489 e. The number of hydrogen-bond donors (Lipinski definition) is 2.